The van der Waals surface area contributed by atoms with Gasteiger partial charge < -0.3 is 8.83 Å². The highest BCUT2D eigenvalue weighted by molar-refractivity contribution is 5.92. The lowest BCUT2D eigenvalue weighted by atomic mass is 10.0. The molecule has 0 N–H and O–H groups in total. The summed E-state index contributed by atoms with van der Waals surface area (Å²) in [6.45, 7) is 0. The molecule has 2 heterocycles. The quantitative estimate of drug-likeness (QED) is 0.210. The van der Waals surface area contributed by atoms with Gasteiger partial charge in [-0.15, -0.1) is 0 Å². The van der Waals surface area contributed by atoms with Crippen molar-refractivity contribution < 1.29 is 35.2 Å². The van der Waals surface area contributed by atoms with Crippen molar-refractivity contribution in [3.8, 4) is 12.1 Å². The van der Waals surface area contributed by atoms with Gasteiger partial charge in [-0.3, -0.25) is 0 Å². The first-order chi connectivity index (χ1) is 17.0. The molecule has 4 aromatic rings. The molecule has 0 saturated carbocycles. The summed E-state index contributed by atoms with van der Waals surface area (Å²) in [7, 11) is 0. The van der Waals surface area contributed by atoms with E-state index in [1.54, 1.807) is 0 Å². The van der Waals surface area contributed by atoms with E-state index in [-0.39, 0.29) is 45.0 Å². The number of halogens is 6. The first kappa shape index (κ1) is 24.4. The number of fused-ring (bicyclic) bond motifs is 1. The topological polar surface area (TPSA) is 73.9 Å². The number of nitriles is 2. The third-order valence-electron chi connectivity index (χ3n) is 5.11. The van der Waals surface area contributed by atoms with E-state index < -0.39 is 23.5 Å². The first-order valence-corrected chi connectivity index (χ1v) is 10.1. The lowest BCUT2D eigenvalue weighted by molar-refractivity contribution is -0.138. The molecule has 0 saturated heterocycles. The van der Waals surface area contributed by atoms with Crippen LogP contribution in [0.4, 0.5) is 26.3 Å². The van der Waals surface area contributed by atoms with Gasteiger partial charge in [0.15, 0.2) is 11.2 Å². The molecule has 4 nitrogen and oxygen atoms in total. The fourth-order valence-electron chi connectivity index (χ4n) is 3.34. The lowest BCUT2D eigenvalue weighted by Gasteiger charge is -2.07. The SMILES string of the molecule is N#C/C(=C\c1cc2oc(/C=C(\C#N)c3ccc(C(F)(F)F)cc3)cc2o1)c1ccc(C(F)(F)F)cc1. The largest absolute Gasteiger partial charge is 0.453 e. The summed E-state index contributed by atoms with van der Waals surface area (Å²) in [6.07, 6.45) is -6.30. The Morgan fingerprint density at radius 2 is 0.944 bits per heavy atom. The molecule has 0 spiro atoms. The molecule has 0 amide bonds. The third-order valence-corrected chi connectivity index (χ3v) is 5.11. The maximum atomic E-state index is 12.8. The molecular formula is C26H12F6N2O2. The summed E-state index contributed by atoms with van der Waals surface area (Å²) < 4.78 is 87.8. The van der Waals surface area contributed by atoms with Gasteiger partial charge in [0.1, 0.15) is 11.5 Å². The molecule has 0 aliphatic carbocycles. The van der Waals surface area contributed by atoms with Crippen LogP contribution in [0.15, 0.2) is 69.5 Å². The van der Waals surface area contributed by atoms with Crippen molar-refractivity contribution >= 4 is 34.5 Å². The Labute approximate surface area is 199 Å². The molecule has 0 atom stereocenters. The van der Waals surface area contributed by atoms with Crippen molar-refractivity contribution in [2.45, 2.75) is 12.4 Å². The van der Waals surface area contributed by atoms with Gasteiger partial charge in [0, 0.05) is 12.1 Å². The van der Waals surface area contributed by atoms with E-state index in [2.05, 4.69) is 0 Å². The van der Waals surface area contributed by atoms with Gasteiger partial charge in [-0.25, -0.2) is 0 Å². The van der Waals surface area contributed by atoms with E-state index in [0.29, 0.717) is 0 Å². The van der Waals surface area contributed by atoms with Gasteiger partial charge in [0.2, 0.25) is 0 Å². The number of rotatable bonds is 4. The Bertz CT molecular complexity index is 1410. The van der Waals surface area contributed by atoms with E-state index in [9.17, 15) is 36.9 Å². The molecular weight excluding hydrogens is 486 g/mol. The summed E-state index contributed by atoms with van der Waals surface area (Å²) in [4.78, 5) is 0. The number of furan rings is 2. The molecule has 2 aromatic carbocycles. The van der Waals surface area contributed by atoms with Crippen LogP contribution < -0.4 is 0 Å². The van der Waals surface area contributed by atoms with Crippen LogP contribution >= 0.6 is 0 Å². The monoisotopic (exact) mass is 498 g/mol. The van der Waals surface area contributed by atoms with Crippen LogP contribution in [0.5, 0.6) is 0 Å². The normalized spacial score (nSPS) is 13.0. The Morgan fingerprint density at radius 1 is 0.611 bits per heavy atom. The van der Waals surface area contributed by atoms with Crippen molar-refractivity contribution in [2.24, 2.45) is 0 Å². The van der Waals surface area contributed by atoms with E-state index in [1.165, 1.54) is 48.6 Å². The molecule has 0 aliphatic heterocycles. The van der Waals surface area contributed by atoms with Gasteiger partial charge >= 0.3 is 12.4 Å². The maximum absolute atomic E-state index is 12.8. The predicted molar refractivity (Wildman–Crippen MR) is 118 cm³/mol. The van der Waals surface area contributed by atoms with E-state index >= 15 is 0 Å². The van der Waals surface area contributed by atoms with Gasteiger partial charge in [-0.1, -0.05) is 24.3 Å². The van der Waals surface area contributed by atoms with Crippen LogP contribution in [0.1, 0.15) is 33.8 Å². The Morgan fingerprint density at radius 3 is 1.22 bits per heavy atom. The van der Waals surface area contributed by atoms with Crippen molar-refractivity contribution in [2.75, 3.05) is 0 Å². The molecule has 0 aliphatic rings. The van der Waals surface area contributed by atoms with E-state index in [1.807, 2.05) is 12.1 Å². The lowest BCUT2D eigenvalue weighted by Crippen LogP contribution is -2.04. The second-order valence-electron chi connectivity index (χ2n) is 7.52. The fraction of sp³-hybridized carbons (Fsp3) is 0.0769. The van der Waals surface area contributed by atoms with Gasteiger partial charge in [0.25, 0.3) is 0 Å². The fourth-order valence-corrected chi connectivity index (χ4v) is 3.34. The van der Waals surface area contributed by atoms with Crippen LogP contribution in [0.3, 0.4) is 0 Å². The van der Waals surface area contributed by atoms with Crippen LogP contribution in [-0.4, -0.2) is 0 Å². The maximum Gasteiger partial charge on any atom is 0.416 e. The summed E-state index contributed by atoms with van der Waals surface area (Å²) in [5.41, 5.74) is -0.498. The van der Waals surface area contributed by atoms with Crippen LogP contribution in [-0.2, 0) is 12.4 Å². The molecule has 0 fully saturated rings. The van der Waals surface area contributed by atoms with Gasteiger partial charge in [-0.05, 0) is 47.5 Å². The number of hydrogen-bond donors (Lipinski definition) is 0. The zero-order valence-electron chi connectivity index (χ0n) is 17.9. The highest BCUT2D eigenvalue weighted by Gasteiger charge is 2.30. The average Bonchev–Trinajstić information content (AvgIpc) is 3.38. The minimum absolute atomic E-state index is 0.0642. The number of hydrogen-bond acceptors (Lipinski definition) is 4. The summed E-state index contributed by atoms with van der Waals surface area (Å²) in [5, 5.41) is 18.9. The van der Waals surface area contributed by atoms with Crippen molar-refractivity contribution in [3.63, 3.8) is 0 Å². The van der Waals surface area contributed by atoms with Crippen LogP contribution in [0, 0.1) is 22.7 Å². The van der Waals surface area contributed by atoms with Gasteiger partial charge in [-0.2, -0.15) is 36.9 Å². The van der Waals surface area contributed by atoms with Gasteiger partial charge in [0.05, 0.1) is 34.4 Å². The molecule has 10 heteroatoms. The number of alkyl halides is 6. The second kappa shape index (κ2) is 9.16. The number of nitrogens with zero attached hydrogens (tertiary/aromatic N) is 2. The van der Waals surface area contributed by atoms with E-state index in [0.717, 1.165) is 24.3 Å². The minimum Gasteiger partial charge on any atom is -0.453 e. The standard InChI is InChI=1S/C26H12F6N2O2/c27-25(28,29)19-5-1-15(2-6-19)17(13-33)9-21-11-23-24(35-21)12-22(36-23)10-18(14-34)16-3-7-20(8-4-16)26(30,31)32/h1-12H/b17-9+,18-10+. The summed E-state index contributed by atoms with van der Waals surface area (Å²) in [5.74, 6) is 0.415. The molecule has 2 aromatic heterocycles. The smallest absolute Gasteiger partial charge is 0.416 e. The summed E-state index contributed by atoms with van der Waals surface area (Å²) in [6, 6.07) is 14.9. The van der Waals surface area contributed by atoms with Crippen molar-refractivity contribution in [3.05, 3.63) is 94.4 Å². The molecule has 4 rings (SSSR count). The third kappa shape index (κ3) is 5.18. The molecule has 0 unspecified atom stereocenters. The molecule has 36 heavy (non-hydrogen) atoms. The van der Waals surface area contributed by atoms with E-state index in [4.69, 9.17) is 8.83 Å². The highest BCUT2D eigenvalue weighted by Crippen LogP contribution is 2.33. The minimum atomic E-state index is -4.50. The second-order valence-corrected chi connectivity index (χ2v) is 7.52. The highest BCUT2D eigenvalue weighted by atomic mass is 19.4. The zero-order valence-corrected chi connectivity index (χ0v) is 17.9. The van der Waals surface area contributed by atoms with Crippen LogP contribution in [0.25, 0.3) is 34.5 Å². The molecule has 0 radical (unpaired) electrons. The Kier molecular flexibility index (Phi) is 6.21. The number of allylic oxidation sites excluding steroid dienone is 2. The predicted octanol–water partition coefficient (Wildman–Crippen LogP) is 8.19. The molecule has 0 bridgehead atoms. The zero-order chi connectivity index (χ0) is 26.1. The first-order valence-electron chi connectivity index (χ1n) is 10.1. The van der Waals surface area contributed by atoms with Crippen molar-refractivity contribution in [1.29, 1.82) is 10.5 Å². The van der Waals surface area contributed by atoms with Crippen molar-refractivity contribution in [1.82, 2.24) is 0 Å². The molecule has 180 valence electrons. The number of benzene rings is 2. The Balaban J connectivity index is 1.59. The average molecular weight is 498 g/mol. The summed E-state index contributed by atoms with van der Waals surface area (Å²) >= 11 is 0. The van der Waals surface area contributed by atoms with Crippen LogP contribution in [0.2, 0.25) is 0 Å². The Hall–Kier alpha value is -4.70.